The molecular formula is C21H15NO3S. The lowest BCUT2D eigenvalue weighted by molar-refractivity contribution is 0.0987. The van der Waals surface area contributed by atoms with Crippen LogP contribution in [0.5, 0.6) is 0 Å². The Kier molecular flexibility index (Phi) is 4.01. The van der Waals surface area contributed by atoms with Crippen LogP contribution in [0.1, 0.15) is 33.2 Å². The summed E-state index contributed by atoms with van der Waals surface area (Å²) in [5.41, 5.74) is 1.88. The van der Waals surface area contributed by atoms with Gasteiger partial charge in [0.25, 0.3) is 5.56 Å². The van der Waals surface area contributed by atoms with E-state index in [2.05, 4.69) is 0 Å². The minimum atomic E-state index is -0.244. The van der Waals surface area contributed by atoms with E-state index < -0.39 is 0 Å². The maximum Gasteiger partial charge on any atom is 0.259 e. The molecule has 4 aromatic rings. The Morgan fingerprint density at radius 2 is 1.69 bits per heavy atom. The number of aromatic nitrogens is 1. The van der Waals surface area contributed by atoms with Crippen molar-refractivity contribution in [3.8, 4) is 0 Å². The van der Waals surface area contributed by atoms with Gasteiger partial charge in [-0.15, -0.1) is 11.3 Å². The van der Waals surface area contributed by atoms with E-state index in [1.165, 1.54) is 18.3 Å². The van der Waals surface area contributed by atoms with Crippen LogP contribution >= 0.6 is 11.3 Å². The SMILES string of the molecule is CC(=O)c1cc(CC(=O)c2ccccc2)c(=O)n2c1sc1ccccc12. The number of pyridine rings is 1. The number of carbonyl (C=O) groups excluding carboxylic acids is 2. The highest BCUT2D eigenvalue weighted by molar-refractivity contribution is 7.24. The Hall–Kier alpha value is -3.05. The summed E-state index contributed by atoms with van der Waals surface area (Å²) in [7, 11) is 0. The van der Waals surface area contributed by atoms with Gasteiger partial charge in [0.05, 0.1) is 15.8 Å². The minimum absolute atomic E-state index is 0.0315. The molecule has 4 nitrogen and oxygen atoms in total. The molecular weight excluding hydrogens is 346 g/mol. The second-order valence-corrected chi connectivity index (χ2v) is 7.15. The first-order valence-corrected chi connectivity index (χ1v) is 9.03. The number of hydrogen-bond acceptors (Lipinski definition) is 4. The number of para-hydroxylation sites is 1. The molecule has 0 unspecified atom stereocenters. The van der Waals surface area contributed by atoms with E-state index in [1.807, 2.05) is 30.3 Å². The molecule has 0 spiro atoms. The van der Waals surface area contributed by atoms with Gasteiger partial charge in [-0.2, -0.15) is 0 Å². The highest BCUT2D eigenvalue weighted by Gasteiger charge is 2.19. The summed E-state index contributed by atoms with van der Waals surface area (Å²) in [6.07, 6.45) is -0.0315. The number of carbonyl (C=O) groups is 2. The van der Waals surface area contributed by atoms with E-state index in [-0.39, 0.29) is 23.5 Å². The lowest BCUT2D eigenvalue weighted by Crippen LogP contribution is -2.22. The number of ketones is 2. The van der Waals surface area contributed by atoms with E-state index in [4.69, 9.17) is 0 Å². The Bertz CT molecular complexity index is 1220. The lowest BCUT2D eigenvalue weighted by atomic mass is 10.0. The van der Waals surface area contributed by atoms with Crippen molar-refractivity contribution in [3.05, 3.63) is 87.7 Å². The average molecular weight is 361 g/mol. The zero-order chi connectivity index (χ0) is 18.3. The normalized spacial score (nSPS) is 11.1. The van der Waals surface area contributed by atoms with Crippen molar-refractivity contribution in [1.82, 2.24) is 4.40 Å². The molecule has 0 N–H and O–H groups in total. The molecule has 0 bridgehead atoms. The van der Waals surface area contributed by atoms with Crippen LogP contribution < -0.4 is 5.56 Å². The number of Topliss-reactive ketones (excluding diaryl/α,β-unsaturated/α-hetero) is 2. The molecule has 0 atom stereocenters. The Morgan fingerprint density at radius 1 is 1.00 bits per heavy atom. The van der Waals surface area contributed by atoms with Crippen LogP contribution in [0.25, 0.3) is 15.0 Å². The molecule has 0 aliphatic rings. The van der Waals surface area contributed by atoms with E-state index in [0.717, 1.165) is 10.2 Å². The minimum Gasteiger partial charge on any atom is -0.294 e. The summed E-state index contributed by atoms with van der Waals surface area (Å²) >= 11 is 1.41. The monoisotopic (exact) mass is 361 g/mol. The Labute approximate surface area is 153 Å². The van der Waals surface area contributed by atoms with Crippen LogP contribution in [0.3, 0.4) is 0 Å². The van der Waals surface area contributed by atoms with Crippen LogP contribution in [0.2, 0.25) is 0 Å². The summed E-state index contributed by atoms with van der Waals surface area (Å²) in [6, 6.07) is 18.0. The lowest BCUT2D eigenvalue weighted by Gasteiger charge is -2.06. The van der Waals surface area contributed by atoms with Gasteiger partial charge < -0.3 is 0 Å². The summed E-state index contributed by atoms with van der Waals surface area (Å²) in [4.78, 5) is 38.4. The molecule has 0 saturated heterocycles. The molecule has 4 rings (SSSR count). The molecule has 0 radical (unpaired) electrons. The van der Waals surface area contributed by atoms with Crippen molar-refractivity contribution < 1.29 is 9.59 Å². The van der Waals surface area contributed by atoms with Gasteiger partial charge in [-0.3, -0.25) is 18.8 Å². The van der Waals surface area contributed by atoms with Gasteiger partial charge in [-0.1, -0.05) is 42.5 Å². The third kappa shape index (κ3) is 2.66. The zero-order valence-electron chi connectivity index (χ0n) is 14.1. The van der Waals surface area contributed by atoms with Gasteiger partial charge in [0, 0.05) is 17.5 Å². The number of nitrogens with zero attached hydrogens (tertiary/aromatic N) is 1. The van der Waals surface area contributed by atoms with Gasteiger partial charge in [-0.25, -0.2) is 0 Å². The van der Waals surface area contributed by atoms with Crippen LogP contribution in [0.15, 0.2) is 65.5 Å². The van der Waals surface area contributed by atoms with Crippen LogP contribution in [-0.4, -0.2) is 16.0 Å². The molecule has 26 heavy (non-hydrogen) atoms. The molecule has 0 saturated carbocycles. The van der Waals surface area contributed by atoms with E-state index >= 15 is 0 Å². The van der Waals surface area contributed by atoms with Crippen molar-refractivity contribution >= 4 is 38.0 Å². The van der Waals surface area contributed by atoms with E-state index in [1.54, 1.807) is 34.7 Å². The first kappa shape index (κ1) is 16.4. The first-order chi connectivity index (χ1) is 12.6. The van der Waals surface area contributed by atoms with Crippen LogP contribution in [-0.2, 0) is 6.42 Å². The molecule has 2 heterocycles. The van der Waals surface area contributed by atoms with Gasteiger partial charge in [0.2, 0.25) is 0 Å². The quantitative estimate of drug-likeness (QED) is 0.513. The van der Waals surface area contributed by atoms with Gasteiger partial charge in [0.15, 0.2) is 11.6 Å². The predicted octanol–water partition coefficient (Wildman–Crippen LogP) is 4.14. The fourth-order valence-electron chi connectivity index (χ4n) is 3.08. The number of benzene rings is 2. The molecule has 0 amide bonds. The number of rotatable bonds is 4. The predicted molar refractivity (Wildman–Crippen MR) is 104 cm³/mol. The number of thiazole rings is 1. The third-order valence-corrected chi connectivity index (χ3v) is 5.53. The van der Waals surface area contributed by atoms with E-state index in [0.29, 0.717) is 21.5 Å². The van der Waals surface area contributed by atoms with Crippen molar-refractivity contribution in [1.29, 1.82) is 0 Å². The molecule has 5 heteroatoms. The summed E-state index contributed by atoms with van der Waals surface area (Å²) in [6.45, 7) is 1.48. The Balaban J connectivity index is 1.94. The zero-order valence-corrected chi connectivity index (χ0v) is 14.9. The fourth-order valence-corrected chi connectivity index (χ4v) is 4.29. The molecule has 2 aromatic heterocycles. The summed E-state index contributed by atoms with van der Waals surface area (Å²) in [5.74, 6) is -0.265. The number of fused-ring (bicyclic) bond motifs is 3. The van der Waals surface area contributed by atoms with Gasteiger partial charge in [-0.05, 0) is 25.1 Å². The second kappa shape index (κ2) is 6.35. The molecule has 2 aromatic carbocycles. The maximum absolute atomic E-state index is 13.1. The van der Waals surface area contributed by atoms with Crippen molar-refractivity contribution in [2.45, 2.75) is 13.3 Å². The summed E-state index contributed by atoms with van der Waals surface area (Å²) < 4.78 is 2.49. The Morgan fingerprint density at radius 3 is 2.42 bits per heavy atom. The van der Waals surface area contributed by atoms with Crippen LogP contribution in [0.4, 0.5) is 0 Å². The van der Waals surface area contributed by atoms with Gasteiger partial charge >= 0.3 is 0 Å². The largest absolute Gasteiger partial charge is 0.294 e. The van der Waals surface area contributed by atoms with Gasteiger partial charge in [0.1, 0.15) is 4.83 Å². The maximum atomic E-state index is 13.1. The number of hydrogen-bond donors (Lipinski definition) is 0. The molecule has 0 aliphatic carbocycles. The van der Waals surface area contributed by atoms with E-state index in [9.17, 15) is 14.4 Å². The highest BCUT2D eigenvalue weighted by Crippen LogP contribution is 2.28. The topological polar surface area (TPSA) is 55.6 Å². The van der Waals surface area contributed by atoms with Crippen LogP contribution in [0, 0.1) is 0 Å². The standard InChI is InChI=1S/C21H15NO3S/c1-13(23)16-11-15(12-18(24)14-7-3-2-4-8-14)20(25)22-17-9-5-6-10-19(17)26-21(16)22/h2-11H,12H2,1H3. The molecule has 0 fully saturated rings. The molecule has 128 valence electrons. The van der Waals surface area contributed by atoms with Crippen molar-refractivity contribution in [2.24, 2.45) is 0 Å². The average Bonchev–Trinajstić information content (AvgIpc) is 3.04. The molecule has 0 aliphatic heterocycles. The van der Waals surface area contributed by atoms with Crippen molar-refractivity contribution in [3.63, 3.8) is 0 Å². The summed E-state index contributed by atoms with van der Waals surface area (Å²) in [5, 5.41) is 0. The first-order valence-electron chi connectivity index (χ1n) is 8.21. The smallest absolute Gasteiger partial charge is 0.259 e. The third-order valence-electron chi connectivity index (χ3n) is 4.37. The van der Waals surface area contributed by atoms with Crippen molar-refractivity contribution in [2.75, 3.05) is 0 Å². The highest BCUT2D eigenvalue weighted by atomic mass is 32.1. The second-order valence-electron chi connectivity index (χ2n) is 6.12. The fraction of sp³-hybridized carbons (Fsp3) is 0.0952.